The van der Waals surface area contributed by atoms with Gasteiger partial charge in [-0.05, 0) is 43.1 Å². The van der Waals surface area contributed by atoms with Gasteiger partial charge in [0.1, 0.15) is 17.7 Å². The van der Waals surface area contributed by atoms with Crippen molar-refractivity contribution in [1.29, 1.82) is 0 Å². The Morgan fingerprint density at radius 1 is 1.08 bits per heavy atom. The summed E-state index contributed by atoms with van der Waals surface area (Å²) in [7, 11) is -1.91. The van der Waals surface area contributed by atoms with Crippen LogP contribution in [0, 0.1) is 12.7 Å². The summed E-state index contributed by atoms with van der Waals surface area (Å²) >= 11 is 0. The molecule has 0 saturated heterocycles. The Morgan fingerprint density at radius 3 is 2.27 bits per heavy atom. The van der Waals surface area contributed by atoms with Crippen LogP contribution in [0.3, 0.4) is 0 Å². The molecule has 0 aliphatic heterocycles. The zero-order chi connectivity index (χ0) is 19.4. The van der Waals surface area contributed by atoms with Crippen LogP contribution < -0.4 is 4.74 Å². The largest absolute Gasteiger partial charge is 0.486 e. The molecule has 0 spiro atoms. The molecule has 0 aliphatic carbocycles. The fraction of sp³-hybridized carbons (Fsp3) is 0.409. The van der Waals surface area contributed by atoms with E-state index < -0.39 is 8.32 Å². The number of hydrogen-bond donors (Lipinski definition) is 0. The van der Waals surface area contributed by atoms with Crippen molar-refractivity contribution in [3.63, 3.8) is 0 Å². The van der Waals surface area contributed by atoms with Gasteiger partial charge in [0.15, 0.2) is 8.32 Å². The molecule has 0 heterocycles. The van der Waals surface area contributed by atoms with Gasteiger partial charge in [0.2, 0.25) is 0 Å². The smallest absolute Gasteiger partial charge is 0.192 e. The van der Waals surface area contributed by atoms with Crippen molar-refractivity contribution < 1.29 is 13.6 Å². The Balaban J connectivity index is 2.07. The van der Waals surface area contributed by atoms with Gasteiger partial charge in [-0.1, -0.05) is 57.2 Å². The molecule has 0 unspecified atom stereocenters. The molecule has 0 amide bonds. The van der Waals surface area contributed by atoms with Crippen LogP contribution in [0.1, 0.15) is 44.4 Å². The molecule has 0 aliphatic rings. The summed E-state index contributed by atoms with van der Waals surface area (Å²) in [6, 6.07) is 14.9. The Hall–Kier alpha value is -1.65. The molecule has 2 rings (SSSR count). The number of rotatable bonds is 7. The summed E-state index contributed by atoms with van der Waals surface area (Å²) in [5.74, 6) is 0.216. The average Bonchev–Trinajstić information content (AvgIpc) is 2.58. The van der Waals surface area contributed by atoms with Crippen LogP contribution in [0.2, 0.25) is 18.1 Å². The van der Waals surface area contributed by atoms with Gasteiger partial charge in [-0.15, -0.1) is 0 Å². The maximum atomic E-state index is 14.5. The lowest BCUT2D eigenvalue weighted by Crippen LogP contribution is -2.40. The summed E-state index contributed by atoms with van der Waals surface area (Å²) in [6.45, 7) is 15.1. The van der Waals surface area contributed by atoms with Crippen molar-refractivity contribution in [1.82, 2.24) is 0 Å². The quantitative estimate of drug-likeness (QED) is 0.503. The SMILES string of the molecule is [CH2]C[C@H](Oc1ccc(CO[Si](C)(C)C(C)(C)C)c(F)c1)c1ccccc1. The van der Waals surface area contributed by atoms with Gasteiger partial charge in [-0.25, -0.2) is 4.39 Å². The van der Waals surface area contributed by atoms with Gasteiger partial charge in [-0.2, -0.15) is 0 Å². The molecule has 1 radical (unpaired) electrons. The minimum atomic E-state index is -1.91. The van der Waals surface area contributed by atoms with Gasteiger partial charge in [0.25, 0.3) is 0 Å². The molecule has 0 saturated carbocycles. The fourth-order valence-corrected chi connectivity index (χ4v) is 3.27. The van der Waals surface area contributed by atoms with Gasteiger partial charge in [-0.3, -0.25) is 0 Å². The van der Waals surface area contributed by atoms with Gasteiger partial charge < -0.3 is 9.16 Å². The lowest BCUT2D eigenvalue weighted by Gasteiger charge is -2.36. The topological polar surface area (TPSA) is 18.5 Å². The normalized spacial score (nSPS) is 13.5. The van der Waals surface area contributed by atoms with Gasteiger partial charge >= 0.3 is 0 Å². The monoisotopic (exact) mass is 373 g/mol. The molecule has 2 aromatic carbocycles. The standard InChI is InChI=1S/C22H30FO2Si/c1-7-21(17-11-9-8-10-12-17)25-19-14-13-18(20(23)15-19)16-24-26(5,6)22(2,3)4/h8-15,21H,1,7,16H2,2-6H3/t21-/m0/s1. The van der Waals surface area contributed by atoms with E-state index in [4.69, 9.17) is 9.16 Å². The highest BCUT2D eigenvalue weighted by Crippen LogP contribution is 2.37. The first-order valence-electron chi connectivity index (χ1n) is 9.07. The predicted molar refractivity (Wildman–Crippen MR) is 108 cm³/mol. The van der Waals surface area contributed by atoms with Crippen LogP contribution in [0.4, 0.5) is 4.39 Å². The van der Waals surface area contributed by atoms with E-state index in [1.807, 2.05) is 30.3 Å². The minimum absolute atomic E-state index is 0.101. The zero-order valence-corrected chi connectivity index (χ0v) is 17.5. The van der Waals surface area contributed by atoms with E-state index >= 15 is 0 Å². The van der Waals surface area contributed by atoms with E-state index in [0.717, 1.165) is 5.56 Å². The van der Waals surface area contributed by atoms with Gasteiger partial charge in [0, 0.05) is 11.6 Å². The Labute approximate surface area is 158 Å². The summed E-state index contributed by atoms with van der Waals surface area (Å²) in [6.07, 6.45) is 0.381. The molecule has 141 valence electrons. The third-order valence-electron chi connectivity index (χ3n) is 5.13. The van der Waals surface area contributed by atoms with Crippen molar-refractivity contribution >= 4 is 8.32 Å². The van der Waals surface area contributed by atoms with Crippen LogP contribution >= 0.6 is 0 Å². The first kappa shape index (κ1) is 20.7. The molecule has 2 nitrogen and oxygen atoms in total. The second kappa shape index (κ2) is 8.36. The predicted octanol–water partition coefficient (Wildman–Crippen LogP) is 6.69. The molecule has 1 atom stereocenters. The number of benzene rings is 2. The second-order valence-corrected chi connectivity index (χ2v) is 12.9. The zero-order valence-electron chi connectivity index (χ0n) is 16.5. The summed E-state index contributed by atoms with van der Waals surface area (Å²) in [5.41, 5.74) is 1.60. The van der Waals surface area contributed by atoms with E-state index in [0.29, 0.717) is 24.3 Å². The average molecular weight is 374 g/mol. The van der Waals surface area contributed by atoms with Crippen molar-refractivity contribution in [2.24, 2.45) is 0 Å². The third kappa shape index (κ3) is 5.18. The highest BCUT2D eigenvalue weighted by atomic mass is 28.4. The van der Waals surface area contributed by atoms with E-state index in [9.17, 15) is 4.39 Å². The lowest BCUT2D eigenvalue weighted by atomic mass is 10.1. The lowest BCUT2D eigenvalue weighted by molar-refractivity contribution is 0.207. The molecule has 0 N–H and O–H groups in total. The van der Waals surface area contributed by atoms with Gasteiger partial charge in [0.05, 0.1) is 6.61 Å². The van der Waals surface area contributed by atoms with E-state index in [2.05, 4.69) is 40.8 Å². The molecule has 0 fully saturated rings. The molecule has 26 heavy (non-hydrogen) atoms. The Kier molecular flexibility index (Phi) is 6.64. The van der Waals surface area contributed by atoms with E-state index in [1.54, 1.807) is 12.1 Å². The Bertz CT molecular complexity index is 708. The maximum Gasteiger partial charge on any atom is 0.192 e. The molecular formula is C22H30FO2Si. The van der Waals surface area contributed by atoms with E-state index in [1.165, 1.54) is 6.07 Å². The number of halogens is 1. The highest BCUT2D eigenvalue weighted by Gasteiger charge is 2.37. The molecule has 4 heteroatoms. The first-order chi connectivity index (χ1) is 12.1. The highest BCUT2D eigenvalue weighted by molar-refractivity contribution is 6.74. The van der Waals surface area contributed by atoms with Crippen LogP contribution in [0.15, 0.2) is 48.5 Å². The number of hydrogen-bond acceptors (Lipinski definition) is 2. The molecular weight excluding hydrogens is 343 g/mol. The van der Waals surface area contributed by atoms with E-state index in [-0.39, 0.29) is 17.0 Å². The second-order valence-electron chi connectivity index (χ2n) is 8.11. The molecule has 0 bridgehead atoms. The van der Waals surface area contributed by atoms with Crippen LogP contribution in [-0.4, -0.2) is 8.32 Å². The minimum Gasteiger partial charge on any atom is -0.486 e. The Morgan fingerprint density at radius 2 is 1.73 bits per heavy atom. The fourth-order valence-electron chi connectivity index (χ4n) is 2.32. The molecule has 0 aromatic heterocycles. The maximum absolute atomic E-state index is 14.5. The van der Waals surface area contributed by atoms with Crippen molar-refractivity contribution in [2.75, 3.05) is 0 Å². The van der Waals surface area contributed by atoms with Crippen molar-refractivity contribution in [2.45, 2.75) is 58.0 Å². The van der Waals surface area contributed by atoms with Crippen molar-refractivity contribution in [3.05, 3.63) is 72.4 Å². The molecule has 2 aromatic rings. The summed E-state index contributed by atoms with van der Waals surface area (Å²) < 4.78 is 26.6. The van der Waals surface area contributed by atoms with Crippen LogP contribution in [0.25, 0.3) is 0 Å². The summed E-state index contributed by atoms with van der Waals surface area (Å²) in [4.78, 5) is 0. The van der Waals surface area contributed by atoms with Crippen LogP contribution in [0.5, 0.6) is 5.75 Å². The third-order valence-corrected chi connectivity index (χ3v) is 9.61. The first-order valence-corrected chi connectivity index (χ1v) is 12.0. The van der Waals surface area contributed by atoms with Crippen molar-refractivity contribution in [3.8, 4) is 5.75 Å². The number of ether oxygens (including phenoxy) is 1. The summed E-state index contributed by atoms with van der Waals surface area (Å²) in [5, 5.41) is 0.101. The van der Waals surface area contributed by atoms with Crippen LogP contribution in [-0.2, 0) is 11.0 Å².